The van der Waals surface area contributed by atoms with Gasteiger partial charge in [-0.25, -0.2) is 9.37 Å². The van der Waals surface area contributed by atoms with E-state index in [-0.39, 0.29) is 30.2 Å². The Bertz CT molecular complexity index is 1130. The quantitative estimate of drug-likeness (QED) is 0.675. The smallest absolute Gasteiger partial charge is 0.369 e. The summed E-state index contributed by atoms with van der Waals surface area (Å²) in [6.07, 6.45) is -3.56. The lowest BCUT2D eigenvalue weighted by atomic mass is 9.65. The van der Waals surface area contributed by atoms with Crippen molar-refractivity contribution >= 4 is 35.1 Å². The van der Waals surface area contributed by atoms with Crippen LogP contribution in [0.25, 0.3) is 0 Å². The van der Waals surface area contributed by atoms with Crippen molar-refractivity contribution in [1.82, 2.24) is 9.88 Å². The van der Waals surface area contributed by atoms with Crippen molar-refractivity contribution in [1.29, 1.82) is 0 Å². The standard InChI is InChI=1S/C21H17ClF4N4O3/c22-14-5-15(23)18(28-8-14)29-10-16(31)30(20(19(29)33)6-12(7-20)17(27)32)9-11-1-3-13(4-2-11)21(24,25)26/h1-5,8,12H,6-7,9-10H2,(H2,27,32). The van der Waals surface area contributed by atoms with Crippen molar-refractivity contribution < 1.29 is 31.9 Å². The number of aromatic nitrogens is 1. The van der Waals surface area contributed by atoms with Gasteiger partial charge in [0.1, 0.15) is 12.1 Å². The molecular weight excluding hydrogens is 468 g/mol. The Balaban J connectivity index is 1.67. The molecule has 1 saturated heterocycles. The number of benzene rings is 1. The van der Waals surface area contributed by atoms with Gasteiger partial charge in [-0.1, -0.05) is 23.7 Å². The van der Waals surface area contributed by atoms with Gasteiger partial charge in [-0.05, 0) is 36.6 Å². The minimum Gasteiger partial charge on any atom is -0.369 e. The molecule has 7 nitrogen and oxygen atoms in total. The Hall–Kier alpha value is -3.21. The van der Waals surface area contributed by atoms with E-state index in [1.54, 1.807) is 0 Å². The Morgan fingerprint density at radius 3 is 2.39 bits per heavy atom. The average molecular weight is 485 g/mol. The first kappa shape index (κ1) is 23.0. The predicted molar refractivity (Wildman–Crippen MR) is 108 cm³/mol. The summed E-state index contributed by atoms with van der Waals surface area (Å²) < 4.78 is 53.0. The number of carbonyl (C=O) groups is 3. The van der Waals surface area contributed by atoms with E-state index < -0.39 is 53.3 Å². The summed E-state index contributed by atoms with van der Waals surface area (Å²) in [5, 5.41) is 0.00288. The average Bonchev–Trinajstić information content (AvgIpc) is 2.69. The summed E-state index contributed by atoms with van der Waals surface area (Å²) in [5.41, 5.74) is 3.36. The van der Waals surface area contributed by atoms with Crippen LogP contribution in [0.4, 0.5) is 23.4 Å². The molecule has 1 aliphatic heterocycles. The first-order chi connectivity index (χ1) is 15.4. The lowest BCUT2D eigenvalue weighted by molar-refractivity contribution is -0.164. The zero-order chi connectivity index (χ0) is 24.1. The molecule has 1 aromatic carbocycles. The molecule has 0 unspecified atom stereocenters. The van der Waals surface area contributed by atoms with Crippen LogP contribution >= 0.6 is 11.6 Å². The van der Waals surface area contributed by atoms with Crippen LogP contribution in [-0.4, -0.2) is 39.7 Å². The second-order valence-electron chi connectivity index (χ2n) is 8.06. The molecule has 0 atom stereocenters. The normalized spacial score (nSPS) is 23.1. The van der Waals surface area contributed by atoms with Gasteiger partial charge < -0.3 is 10.6 Å². The number of piperazine rings is 1. The molecule has 4 rings (SSSR count). The van der Waals surface area contributed by atoms with Crippen molar-refractivity contribution in [3.8, 4) is 0 Å². The Kier molecular flexibility index (Phi) is 5.55. The van der Waals surface area contributed by atoms with E-state index in [1.165, 1.54) is 17.0 Å². The number of nitrogens with zero attached hydrogens (tertiary/aromatic N) is 3. The van der Waals surface area contributed by atoms with Gasteiger partial charge in [-0.15, -0.1) is 0 Å². The third kappa shape index (κ3) is 4.01. The number of amides is 3. The Morgan fingerprint density at radius 2 is 1.85 bits per heavy atom. The number of hydrogen-bond acceptors (Lipinski definition) is 4. The fraction of sp³-hybridized carbons (Fsp3) is 0.333. The largest absolute Gasteiger partial charge is 0.416 e. The number of rotatable bonds is 4. The monoisotopic (exact) mass is 484 g/mol. The van der Waals surface area contributed by atoms with E-state index in [4.69, 9.17) is 17.3 Å². The molecule has 1 aliphatic carbocycles. The molecule has 2 aliphatic rings. The SMILES string of the molecule is NC(=O)C1CC2(C1)C(=O)N(c1ncc(Cl)cc1F)CC(=O)N2Cc1ccc(C(F)(F)F)cc1. The second-order valence-corrected chi connectivity index (χ2v) is 8.50. The lowest BCUT2D eigenvalue weighted by Gasteiger charge is -2.56. The van der Waals surface area contributed by atoms with E-state index >= 15 is 0 Å². The minimum atomic E-state index is -4.52. The molecule has 1 saturated carbocycles. The maximum absolute atomic E-state index is 14.5. The van der Waals surface area contributed by atoms with Crippen molar-refractivity contribution in [2.45, 2.75) is 31.1 Å². The number of hydrogen-bond donors (Lipinski definition) is 1. The van der Waals surface area contributed by atoms with Gasteiger partial charge in [0.05, 0.1) is 10.6 Å². The first-order valence-electron chi connectivity index (χ1n) is 9.81. The molecule has 3 amide bonds. The van der Waals surface area contributed by atoms with Crippen LogP contribution in [0.5, 0.6) is 0 Å². The number of pyridine rings is 1. The fourth-order valence-electron chi connectivity index (χ4n) is 4.25. The van der Waals surface area contributed by atoms with Gasteiger partial charge in [-0.2, -0.15) is 13.2 Å². The summed E-state index contributed by atoms with van der Waals surface area (Å²) in [4.78, 5) is 44.1. The third-order valence-corrected chi connectivity index (χ3v) is 6.20. The number of anilines is 1. The van der Waals surface area contributed by atoms with Crippen LogP contribution in [-0.2, 0) is 27.1 Å². The van der Waals surface area contributed by atoms with Gasteiger partial charge in [0.25, 0.3) is 5.91 Å². The topological polar surface area (TPSA) is 96.6 Å². The highest BCUT2D eigenvalue weighted by Gasteiger charge is 2.61. The van der Waals surface area contributed by atoms with Crippen molar-refractivity contribution in [3.05, 3.63) is 58.5 Å². The fourth-order valence-corrected chi connectivity index (χ4v) is 4.39. The van der Waals surface area contributed by atoms with Crippen LogP contribution < -0.4 is 10.6 Å². The highest BCUT2D eigenvalue weighted by Crippen LogP contribution is 2.47. The lowest BCUT2D eigenvalue weighted by Crippen LogP contribution is -2.73. The molecule has 0 radical (unpaired) electrons. The molecule has 2 aromatic rings. The molecule has 2 fully saturated rings. The van der Waals surface area contributed by atoms with Crippen molar-refractivity contribution in [2.75, 3.05) is 11.4 Å². The number of carbonyl (C=O) groups excluding carboxylic acids is 3. The molecule has 2 N–H and O–H groups in total. The summed E-state index contributed by atoms with van der Waals surface area (Å²) in [6, 6.07) is 5.14. The van der Waals surface area contributed by atoms with Crippen molar-refractivity contribution in [3.63, 3.8) is 0 Å². The Labute approximate surface area is 190 Å². The highest BCUT2D eigenvalue weighted by molar-refractivity contribution is 6.30. The van der Waals surface area contributed by atoms with Crippen LogP contribution in [0.3, 0.4) is 0 Å². The molecule has 12 heteroatoms. The van der Waals surface area contributed by atoms with Crippen LogP contribution in [0, 0.1) is 11.7 Å². The predicted octanol–water partition coefficient (Wildman–Crippen LogP) is 2.90. The van der Waals surface area contributed by atoms with Gasteiger partial charge in [-0.3, -0.25) is 19.3 Å². The molecule has 174 valence electrons. The number of halogens is 5. The van der Waals surface area contributed by atoms with Crippen LogP contribution in [0.2, 0.25) is 5.02 Å². The molecule has 33 heavy (non-hydrogen) atoms. The summed E-state index contributed by atoms with van der Waals surface area (Å²) in [5.74, 6) is -3.84. The zero-order valence-corrected chi connectivity index (χ0v) is 17.7. The summed E-state index contributed by atoms with van der Waals surface area (Å²) in [6.45, 7) is -0.702. The van der Waals surface area contributed by atoms with Crippen LogP contribution in [0.15, 0.2) is 36.5 Å². The minimum absolute atomic E-state index is 0.00288. The van der Waals surface area contributed by atoms with Gasteiger partial charge >= 0.3 is 6.18 Å². The van der Waals surface area contributed by atoms with Gasteiger partial charge in [0.15, 0.2) is 11.6 Å². The van der Waals surface area contributed by atoms with E-state index in [2.05, 4.69) is 4.98 Å². The maximum Gasteiger partial charge on any atom is 0.416 e. The maximum atomic E-state index is 14.5. The molecule has 2 heterocycles. The van der Waals surface area contributed by atoms with Gasteiger partial charge in [0.2, 0.25) is 11.8 Å². The zero-order valence-electron chi connectivity index (χ0n) is 16.9. The number of nitrogens with two attached hydrogens (primary N) is 1. The number of alkyl halides is 3. The molecule has 0 bridgehead atoms. The highest BCUT2D eigenvalue weighted by atomic mass is 35.5. The van der Waals surface area contributed by atoms with E-state index in [9.17, 15) is 31.9 Å². The third-order valence-electron chi connectivity index (χ3n) is 5.99. The Morgan fingerprint density at radius 1 is 1.21 bits per heavy atom. The second kappa shape index (κ2) is 7.98. The molecule has 1 spiro atoms. The molecular formula is C21H17ClF4N4O3. The summed E-state index contributed by atoms with van der Waals surface area (Å²) >= 11 is 5.72. The summed E-state index contributed by atoms with van der Waals surface area (Å²) in [7, 11) is 0. The molecule has 1 aromatic heterocycles. The van der Waals surface area contributed by atoms with Crippen molar-refractivity contribution in [2.24, 2.45) is 11.7 Å². The van der Waals surface area contributed by atoms with E-state index in [0.717, 1.165) is 29.3 Å². The first-order valence-corrected chi connectivity index (χ1v) is 10.2. The number of primary amides is 1. The van der Waals surface area contributed by atoms with Crippen LogP contribution in [0.1, 0.15) is 24.0 Å². The van der Waals surface area contributed by atoms with E-state index in [1.807, 2.05) is 0 Å². The van der Waals surface area contributed by atoms with Gasteiger partial charge in [0, 0.05) is 18.7 Å². The van der Waals surface area contributed by atoms with E-state index in [0.29, 0.717) is 5.56 Å².